The Morgan fingerprint density at radius 3 is 2.57 bits per heavy atom. The number of hydrogen-bond donors (Lipinski definition) is 2. The zero-order chi connectivity index (χ0) is 29.2. The van der Waals surface area contributed by atoms with Crippen LogP contribution in [0, 0.1) is 47.2 Å². The van der Waals surface area contributed by atoms with Gasteiger partial charge in [-0.25, -0.2) is 4.39 Å². The van der Waals surface area contributed by atoms with Crippen LogP contribution in [0.25, 0.3) is 0 Å². The molecule has 1 saturated heterocycles. The molecular formula is C31H35F4N3O4. The molecule has 6 aliphatic rings. The van der Waals surface area contributed by atoms with Crippen molar-refractivity contribution in [1.29, 1.82) is 0 Å². The van der Waals surface area contributed by atoms with Crippen LogP contribution in [0.1, 0.15) is 56.9 Å². The van der Waals surface area contributed by atoms with E-state index in [1.807, 2.05) is 0 Å². The average Bonchev–Trinajstić information content (AvgIpc) is 3.23. The van der Waals surface area contributed by atoms with E-state index in [9.17, 15) is 27.2 Å². The number of nitrogens with zero attached hydrogens (tertiary/aromatic N) is 1. The van der Waals surface area contributed by atoms with Crippen LogP contribution in [0.3, 0.4) is 0 Å². The predicted molar refractivity (Wildman–Crippen MR) is 145 cm³/mol. The first-order valence-corrected chi connectivity index (χ1v) is 15.2. The summed E-state index contributed by atoms with van der Waals surface area (Å²) in [5.41, 5.74) is 0.661. The number of carbonyl (C=O) groups is 2. The minimum Gasteiger partial charge on any atom is -0.389 e. The molecule has 2 heterocycles. The van der Waals surface area contributed by atoms with Gasteiger partial charge in [0.05, 0.1) is 36.3 Å². The maximum absolute atomic E-state index is 13.9. The van der Waals surface area contributed by atoms with Gasteiger partial charge in [0.25, 0.3) is 0 Å². The fourth-order valence-electron chi connectivity index (χ4n) is 8.07. The molecule has 7 rings (SSSR count). The number of carbonyl (C=O) groups excluding carboxylic acids is 2. The maximum Gasteiger partial charge on any atom is 0.419 e. The molecule has 1 aromatic rings. The number of oxime groups is 1. The molecule has 3 unspecified atom stereocenters. The molecule has 1 aromatic carbocycles. The smallest absolute Gasteiger partial charge is 0.389 e. The Bertz CT molecular complexity index is 1330. The summed E-state index contributed by atoms with van der Waals surface area (Å²) in [5.74, 6) is -2.02. The standard InChI is InChI=1S/C31H35F4N3O4/c32-24-9-6-18(12-23(24)31(33,34)35)36-30(40)26-19-7-8-20(21(19)10-15-4-5-15)28(26)37-29(39)17-3-1-2-16(11-17)27-22-13-41-14-25(22)42-38-27/h6,9-10,12,15-17,19-20,22,25-26,28H,1-5,7-8,11,13-14H2,(H,36,40)(H,37,39)/b21-10-/t16-,17?,19-,20+,22?,25?,26-,28+/m0/s1. The van der Waals surface area contributed by atoms with Crippen LogP contribution in [0.5, 0.6) is 0 Å². The Balaban J connectivity index is 1.09. The second-order valence-electron chi connectivity index (χ2n) is 12.9. The number of ether oxygens (including phenoxy) is 1. The fourth-order valence-corrected chi connectivity index (χ4v) is 8.07. The number of fused-ring (bicyclic) bond motifs is 3. The first-order chi connectivity index (χ1) is 20.2. The summed E-state index contributed by atoms with van der Waals surface area (Å²) in [6.45, 7) is 1.13. The number of nitrogens with one attached hydrogen (secondary N) is 2. The minimum absolute atomic E-state index is 0.0256. The predicted octanol–water partition coefficient (Wildman–Crippen LogP) is 5.47. The van der Waals surface area contributed by atoms with Gasteiger partial charge in [-0.15, -0.1) is 0 Å². The number of allylic oxidation sites excluding steroid dienone is 1. The van der Waals surface area contributed by atoms with Gasteiger partial charge >= 0.3 is 6.18 Å². The highest BCUT2D eigenvalue weighted by Gasteiger charge is 2.55. The van der Waals surface area contributed by atoms with Crippen molar-refractivity contribution < 1.29 is 36.7 Å². The summed E-state index contributed by atoms with van der Waals surface area (Å²) in [5, 5.41) is 10.2. The quantitative estimate of drug-likeness (QED) is 0.341. The minimum atomic E-state index is -4.88. The van der Waals surface area contributed by atoms with Crippen LogP contribution < -0.4 is 10.6 Å². The van der Waals surface area contributed by atoms with Gasteiger partial charge in [0.2, 0.25) is 11.8 Å². The number of halogens is 4. The molecule has 2 N–H and O–H groups in total. The third-order valence-electron chi connectivity index (χ3n) is 10.3. The van der Waals surface area contributed by atoms with Gasteiger partial charge in [-0.3, -0.25) is 9.59 Å². The lowest BCUT2D eigenvalue weighted by atomic mass is 9.75. The van der Waals surface area contributed by atoms with E-state index in [0.29, 0.717) is 31.6 Å². The van der Waals surface area contributed by atoms with Gasteiger partial charge in [-0.2, -0.15) is 13.2 Å². The van der Waals surface area contributed by atoms with Crippen LogP contribution in [0.2, 0.25) is 0 Å². The molecule has 4 saturated carbocycles. The highest BCUT2D eigenvalue weighted by atomic mass is 19.4. The third-order valence-corrected chi connectivity index (χ3v) is 10.3. The van der Waals surface area contributed by atoms with E-state index >= 15 is 0 Å². The molecule has 2 amide bonds. The SMILES string of the molecule is O=C(N[C@H]1[C@@H](C(=O)Nc2ccc(F)c(C(F)(F)F)c2)[C@H]2CC[C@@H]1/C2=C\C1CC1)C1CCC[C@H](C2=NOC3COCC23)C1. The van der Waals surface area contributed by atoms with Gasteiger partial charge < -0.3 is 20.2 Å². The lowest BCUT2D eigenvalue weighted by Gasteiger charge is -2.34. The average molecular weight is 590 g/mol. The zero-order valence-corrected chi connectivity index (χ0v) is 23.2. The topological polar surface area (TPSA) is 89.0 Å². The first kappa shape index (κ1) is 27.9. The van der Waals surface area contributed by atoms with Gasteiger partial charge in [0.15, 0.2) is 6.10 Å². The Labute approximate surface area is 241 Å². The van der Waals surface area contributed by atoms with Crippen molar-refractivity contribution in [2.24, 2.45) is 46.6 Å². The van der Waals surface area contributed by atoms with E-state index < -0.39 is 35.4 Å². The monoisotopic (exact) mass is 589 g/mol. The van der Waals surface area contributed by atoms with Gasteiger partial charge in [0, 0.05) is 29.5 Å². The van der Waals surface area contributed by atoms with Gasteiger partial charge in [0.1, 0.15) is 5.82 Å². The number of alkyl halides is 3. The van der Waals surface area contributed by atoms with Crippen LogP contribution in [0.4, 0.5) is 23.2 Å². The Kier molecular flexibility index (Phi) is 7.06. The van der Waals surface area contributed by atoms with Crippen LogP contribution in [0.15, 0.2) is 35.0 Å². The highest BCUT2D eigenvalue weighted by Crippen LogP contribution is 2.54. The molecule has 2 aliphatic heterocycles. The molecular weight excluding hydrogens is 554 g/mol. The van der Waals surface area contributed by atoms with Crippen molar-refractivity contribution in [3.63, 3.8) is 0 Å². The van der Waals surface area contributed by atoms with E-state index in [2.05, 4.69) is 21.9 Å². The number of benzene rings is 1. The number of rotatable bonds is 6. The van der Waals surface area contributed by atoms with Crippen molar-refractivity contribution in [1.82, 2.24) is 5.32 Å². The van der Waals surface area contributed by atoms with E-state index in [4.69, 9.17) is 9.57 Å². The van der Waals surface area contributed by atoms with Gasteiger partial charge in [-0.1, -0.05) is 23.2 Å². The van der Waals surface area contributed by atoms with E-state index in [-0.39, 0.29) is 47.3 Å². The molecule has 2 bridgehead atoms. The molecule has 4 aliphatic carbocycles. The van der Waals surface area contributed by atoms with Crippen molar-refractivity contribution in [3.8, 4) is 0 Å². The molecule has 42 heavy (non-hydrogen) atoms. The Hall–Kier alpha value is -2.95. The summed E-state index contributed by atoms with van der Waals surface area (Å²) in [4.78, 5) is 33.0. The molecule has 8 atom stereocenters. The van der Waals surface area contributed by atoms with Crippen LogP contribution in [-0.2, 0) is 25.3 Å². The van der Waals surface area contributed by atoms with E-state index in [1.165, 1.54) is 5.57 Å². The lowest BCUT2D eigenvalue weighted by Crippen LogP contribution is -2.50. The maximum atomic E-state index is 13.9. The van der Waals surface area contributed by atoms with Crippen molar-refractivity contribution in [2.45, 2.75) is 69.7 Å². The van der Waals surface area contributed by atoms with E-state index in [1.54, 1.807) is 0 Å². The molecule has 226 valence electrons. The number of hydrogen-bond acceptors (Lipinski definition) is 5. The number of amides is 2. The fraction of sp³-hybridized carbons (Fsp3) is 0.645. The van der Waals surface area contributed by atoms with Crippen LogP contribution in [-0.4, -0.2) is 42.9 Å². The molecule has 0 aromatic heterocycles. The summed E-state index contributed by atoms with van der Waals surface area (Å²) in [6.07, 6.45) is 4.46. The zero-order valence-electron chi connectivity index (χ0n) is 23.2. The summed E-state index contributed by atoms with van der Waals surface area (Å²) in [7, 11) is 0. The summed E-state index contributed by atoms with van der Waals surface area (Å²) < 4.78 is 59.4. The Morgan fingerprint density at radius 1 is 0.976 bits per heavy atom. The molecule has 0 radical (unpaired) electrons. The molecule has 5 fully saturated rings. The molecule has 0 spiro atoms. The summed E-state index contributed by atoms with van der Waals surface area (Å²) >= 11 is 0. The second-order valence-corrected chi connectivity index (χ2v) is 12.9. The van der Waals surface area contributed by atoms with Crippen molar-refractivity contribution in [2.75, 3.05) is 18.5 Å². The largest absolute Gasteiger partial charge is 0.419 e. The molecule has 11 heteroatoms. The molecule has 7 nitrogen and oxygen atoms in total. The summed E-state index contributed by atoms with van der Waals surface area (Å²) in [6, 6.07) is 2.05. The normalized spacial score (nSPS) is 36.5. The highest BCUT2D eigenvalue weighted by molar-refractivity contribution is 5.95. The van der Waals surface area contributed by atoms with Gasteiger partial charge in [-0.05, 0) is 75.0 Å². The van der Waals surface area contributed by atoms with Crippen molar-refractivity contribution in [3.05, 3.63) is 41.2 Å². The first-order valence-electron chi connectivity index (χ1n) is 15.2. The van der Waals surface area contributed by atoms with Crippen molar-refractivity contribution >= 4 is 23.2 Å². The second kappa shape index (κ2) is 10.6. The van der Waals surface area contributed by atoms with Crippen LogP contribution >= 0.6 is 0 Å². The Morgan fingerprint density at radius 2 is 1.79 bits per heavy atom. The number of anilines is 1. The van der Waals surface area contributed by atoms with E-state index in [0.717, 1.165) is 62.8 Å². The lowest BCUT2D eigenvalue weighted by molar-refractivity contribution is -0.140. The third kappa shape index (κ3) is 5.11.